The van der Waals surface area contributed by atoms with Gasteiger partial charge in [0.1, 0.15) is 0 Å². The molecule has 1 aromatic heterocycles. The quantitative estimate of drug-likeness (QED) is 0.650. The van der Waals surface area contributed by atoms with Gasteiger partial charge in [-0.25, -0.2) is 0 Å². The Morgan fingerprint density at radius 3 is 2.25 bits per heavy atom. The molecule has 0 spiro atoms. The Labute approximate surface area is 105 Å². The molecule has 0 radical (unpaired) electrons. The van der Waals surface area contributed by atoms with Gasteiger partial charge in [0.2, 0.25) is 0 Å². The predicted octanol–water partition coefficient (Wildman–Crippen LogP) is 1.69. The van der Waals surface area contributed by atoms with E-state index in [1.165, 1.54) is 0 Å². The molecular weight excluding hydrogens is 301 g/mol. The van der Waals surface area contributed by atoms with Crippen LogP contribution in [0.5, 0.6) is 0 Å². The van der Waals surface area contributed by atoms with Gasteiger partial charge in [0.25, 0.3) is 0 Å². The summed E-state index contributed by atoms with van der Waals surface area (Å²) in [6.45, 7) is 3.43. The van der Waals surface area contributed by atoms with E-state index in [0.29, 0.717) is 15.0 Å². The molecule has 0 saturated carbocycles. The van der Waals surface area contributed by atoms with E-state index in [4.69, 9.17) is 0 Å². The average molecular weight is 311 g/mol. The van der Waals surface area contributed by atoms with Crippen LogP contribution < -0.4 is 17.0 Å². The Morgan fingerprint density at radius 2 is 1.69 bits per heavy atom. The van der Waals surface area contributed by atoms with Crippen molar-refractivity contribution in [2.24, 2.45) is 0 Å². The number of thiophene rings is 1. The number of hydrogen-bond acceptors (Lipinski definition) is 0. The molecule has 16 heavy (non-hydrogen) atoms. The number of hydrogen-bond donors (Lipinski definition) is 0. The smallest absolute Gasteiger partial charge is 0.600 e. The van der Waals surface area contributed by atoms with Crippen LogP contribution in [0.25, 0.3) is 10.1 Å². The van der Waals surface area contributed by atoms with Crippen molar-refractivity contribution in [2.75, 3.05) is 0 Å². The van der Waals surface area contributed by atoms with Crippen molar-refractivity contribution in [3.63, 3.8) is 0 Å². The van der Waals surface area contributed by atoms with Crippen LogP contribution in [0.3, 0.4) is 0 Å². The summed E-state index contributed by atoms with van der Waals surface area (Å²) in [4.78, 5) is 0.406. The van der Waals surface area contributed by atoms with Crippen molar-refractivity contribution in [1.29, 1.82) is 0 Å². The summed E-state index contributed by atoms with van der Waals surface area (Å²) in [5.74, 6) is 0. The lowest BCUT2D eigenvalue weighted by Crippen LogP contribution is -3.00. The fourth-order valence-corrected chi connectivity index (χ4v) is 3.49. The fourth-order valence-electron chi connectivity index (χ4n) is 1.73. The molecule has 0 amide bonds. The second-order valence-electron chi connectivity index (χ2n) is 3.55. The first kappa shape index (κ1) is 13.5. The highest BCUT2D eigenvalue weighted by Crippen LogP contribution is 2.50. The van der Waals surface area contributed by atoms with Gasteiger partial charge in [-0.2, -0.15) is 0 Å². The van der Waals surface area contributed by atoms with Crippen LogP contribution in [-0.2, 0) is 5.51 Å². The van der Waals surface area contributed by atoms with Crippen LogP contribution in [0.1, 0.15) is 10.4 Å². The third-order valence-electron chi connectivity index (χ3n) is 2.30. The maximum Gasteiger partial charge on any atom is 0.600 e. The van der Waals surface area contributed by atoms with E-state index >= 15 is 0 Å². The second-order valence-corrected chi connectivity index (χ2v) is 5.71. The maximum atomic E-state index is 12.8. The molecular formula is C11H10BrF3S. The number of benzene rings is 1. The van der Waals surface area contributed by atoms with Crippen LogP contribution in [0.15, 0.2) is 24.3 Å². The molecule has 2 aromatic rings. The van der Waals surface area contributed by atoms with Gasteiger partial charge < -0.3 is 17.0 Å². The lowest BCUT2D eigenvalue weighted by atomic mass is 10.2. The molecule has 0 fully saturated rings. The van der Waals surface area contributed by atoms with Gasteiger partial charge in [0.05, 0.1) is 10.5 Å². The van der Waals surface area contributed by atoms with Crippen molar-refractivity contribution in [3.8, 4) is 0 Å². The van der Waals surface area contributed by atoms with Crippen LogP contribution in [-0.4, -0.2) is 0 Å². The van der Waals surface area contributed by atoms with E-state index in [1.54, 1.807) is 31.2 Å². The largest absolute Gasteiger partial charge is 1.00 e. The Hall–Kier alpha value is -0.550. The van der Waals surface area contributed by atoms with E-state index in [9.17, 15) is 13.2 Å². The van der Waals surface area contributed by atoms with E-state index in [0.717, 1.165) is 5.56 Å². The number of alkyl halides is 3. The summed E-state index contributed by atoms with van der Waals surface area (Å²) >= 11 is 0. The third kappa shape index (κ3) is 2.25. The molecule has 1 atom stereocenters. The van der Waals surface area contributed by atoms with Gasteiger partial charge in [-0.1, -0.05) is 11.6 Å². The zero-order chi connectivity index (χ0) is 11.2. The van der Waals surface area contributed by atoms with Gasteiger partial charge in [-0.3, -0.25) is 0 Å². The SMILES string of the molecule is Cc1ccc2c(c1)cc(C)[s+]2C(F)(F)F.[Br-]. The molecule has 1 unspecified atom stereocenters. The van der Waals surface area contributed by atoms with Crippen LogP contribution in [0.2, 0.25) is 0 Å². The van der Waals surface area contributed by atoms with Crippen molar-refractivity contribution in [1.82, 2.24) is 0 Å². The highest BCUT2D eigenvalue weighted by Gasteiger charge is 2.46. The lowest BCUT2D eigenvalue weighted by Gasteiger charge is -1.97. The maximum absolute atomic E-state index is 12.8. The van der Waals surface area contributed by atoms with Gasteiger partial charge in [-0.15, -0.1) is 13.2 Å². The van der Waals surface area contributed by atoms with Crippen LogP contribution in [0.4, 0.5) is 13.2 Å². The van der Waals surface area contributed by atoms with E-state index in [1.807, 2.05) is 6.92 Å². The molecule has 0 aliphatic heterocycles. The zero-order valence-electron chi connectivity index (χ0n) is 8.73. The normalized spacial score (nSPS) is 12.7. The second kappa shape index (κ2) is 4.37. The molecule has 0 N–H and O–H groups in total. The molecule has 0 nitrogen and oxygen atoms in total. The summed E-state index contributed by atoms with van der Waals surface area (Å²) in [5.41, 5.74) is -3.16. The predicted molar refractivity (Wildman–Crippen MR) is 57.2 cm³/mol. The van der Waals surface area contributed by atoms with Gasteiger partial charge >= 0.3 is 5.51 Å². The molecule has 2 rings (SSSR count). The summed E-state index contributed by atoms with van der Waals surface area (Å²) in [5, 5.41) is 0.716. The van der Waals surface area contributed by atoms with E-state index < -0.39 is 16.0 Å². The number of rotatable bonds is 0. The molecule has 5 heteroatoms. The third-order valence-corrected chi connectivity index (χ3v) is 4.33. The minimum absolute atomic E-state index is 0. The molecule has 1 aromatic carbocycles. The van der Waals surface area contributed by atoms with Crippen molar-refractivity contribution >= 4 is 20.6 Å². The Bertz CT molecular complexity index is 514. The summed E-state index contributed by atoms with van der Waals surface area (Å²) < 4.78 is 38.7. The molecule has 88 valence electrons. The molecule has 0 bridgehead atoms. The fraction of sp³-hybridized carbons (Fsp3) is 0.273. The Balaban J connectivity index is 0.00000128. The number of fused-ring (bicyclic) bond motifs is 1. The van der Waals surface area contributed by atoms with Gasteiger partial charge in [0, 0.05) is 18.4 Å². The van der Waals surface area contributed by atoms with Crippen LogP contribution >= 0.6 is 10.5 Å². The number of aryl methyl sites for hydroxylation is 2. The summed E-state index contributed by atoms with van der Waals surface area (Å²) in [6.07, 6.45) is 0. The molecule has 1 heterocycles. The first-order chi connectivity index (χ1) is 6.89. The summed E-state index contributed by atoms with van der Waals surface area (Å²) in [7, 11) is -1.71. The topological polar surface area (TPSA) is 0 Å². The zero-order valence-corrected chi connectivity index (χ0v) is 11.1. The lowest BCUT2D eigenvalue weighted by molar-refractivity contribution is -0.0867. The molecule has 0 saturated heterocycles. The van der Waals surface area contributed by atoms with Crippen molar-refractivity contribution in [3.05, 3.63) is 34.7 Å². The Morgan fingerprint density at radius 1 is 1.06 bits per heavy atom. The average Bonchev–Trinajstić information content (AvgIpc) is 2.38. The first-order valence-electron chi connectivity index (χ1n) is 4.49. The van der Waals surface area contributed by atoms with Gasteiger partial charge in [-0.05, 0) is 19.1 Å². The minimum Gasteiger partial charge on any atom is -1.00 e. The Kier molecular flexibility index (Phi) is 3.69. The van der Waals surface area contributed by atoms with Gasteiger partial charge in [0.15, 0.2) is 9.58 Å². The number of halogens is 4. The van der Waals surface area contributed by atoms with Crippen molar-refractivity contribution < 1.29 is 30.2 Å². The highest BCUT2D eigenvalue weighted by molar-refractivity contribution is 7.38. The monoisotopic (exact) mass is 310 g/mol. The molecule has 0 aliphatic carbocycles. The van der Waals surface area contributed by atoms with E-state index in [-0.39, 0.29) is 17.0 Å². The summed E-state index contributed by atoms with van der Waals surface area (Å²) in [6, 6.07) is 6.77. The van der Waals surface area contributed by atoms with Crippen LogP contribution in [0, 0.1) is 13.8 Å². The molecule has 0 aliphatic rings. The van der Waals surface area contributed by atoms with E-state index in [2.05, 4.69) is 0 Å². The first-order valence-corrected chi connectivity index (χ1v) is 5.72. The standard InChI is InChI=1S/C11H10F3S.BrH/c1-7-3-4-10-9(5-7)6-8(2)15(10)11(12,13)14;/h3-6H,1-2H3;1H/q+1;/p-1. The minimum atomic E-state index is -4.15. The highest BCUT2D eigenvalue weighted by atomic mass is 79.9. The van der Waals surface area contributed by atoms with Crippen molar-refractivity contribution in [2.45, 2.75) is 19.4 Å².